The first-order valence-corrected chi connectivity index (χ1v) is 10.4. The molecular weight excluding hydrogens is 351 g/mol. The largest absolute Gasteiger partial charge is 0.296 e. The SMILES string of the molecule is CCSc1ccc2nc(NC(=O)CC3CC(C)(F)C3)n(C3CCC3)c2n1. The number of pyridine rings is 1. The number of carbonyl (C=O) groups excluding carboxylic acids is 1. The van der Waals surface area contributed by atoms with E-state index in [9.17, 15) is 9.18 Å². The minimum absolute atomic E-state index is 0.0791. The van der Waals surface area contributed by atoms with Crippen LogP contribution in [0.1, 0.15) is 58.4 Å². The van der Waals surface area contributed by atoms with E-state index in [1.54, 1.807) is 18.7 Å². The fourth-order valence-corrected chi connectivity index (χ4v) is 4.60. The van der Waals surface area contributed by atoms with E-state index in [2.05, 4.69) is 21.8 Å². The van der Waals surface area contributed by atoms with Gasteiger partial charge in [-0.3, -0.25) is 14.7 Å². The van der Waals surface area contributed by atoms with Crippen molar-refractivity contribution in [2.45, 2.75) is 69.1 Å². The minimum Gasteiger partial charge on any atom is -0.296 e. The van der Waals surface area contributed by atoms with Gasteiger partial charge in [0.05, 0.1) is 5.03 Å². The molecule has 0 spiro atoms. The van der Waals surface area contributed by atoms with E-state index >= 15 is 0 Å². The molecule has 7 heteroatoms. The van der Waals surface area contributed by atoms with Gasteiger partial charge in [-0.05, 0) is 62.8 Å². The molecule has 0 saturated heterocycles. The van der Waals surface area contributed by atoms with Crippen molar-refractivity contribution in [2.24, 2.45) is 5.92 Å². The Bertz CT molecular complexity index is 822. The molecule has 0 aliphatic heterocycles. The molecule has 140 valence electrons. The van der Waals surface area contributed by atoms with Crippen LogP contribution in [0.4, 0.5) is 10.3 Å². The van der Waals surface area contributed by atoms with E-state index < -0.39 is 5.67 Å². The molecule has 2 fully saturated rings. The van der Waals surface area contributed by atoms with Crippen LogP contribution in [-0.2, 0) is 4.79 Å². The smallest absolute Gasteiger partial charge is 0.226 e. The van der Waals surface area contributed by atoms with Crippen LogP contribution in [-0.4, -0.2) is 31.9 Å². The molecule has 1 N–H and O–H groups in total. The molecule has 2 aromatic rings. The number of halogens is 1. The van der Waals surface area contributed by atoms with Crippen molar-refractivity contribution in [3.05, 3.63) is 12.1 Å². The number of amides is 1. The zero-order valence-corrected chi connectivity index (χ0v) is 16.1. The number of anilines is 1. The lowest BCUT2D eigenvalue weighted by molar-refractivity contribution is -0.119. The highest BCUT2D eigenvalue weighted by molar-refractivity contribution is 7.99. The molecule has 5 nitrogen and oxygen atoms in total. The molecule has 0 radical (unpaired) electrons. The number of fused-ring (bicyclic) bond motifs is 1. The first-order valence-electron chi connectivity index (χ1n) is 9.46. The lowest BCUT2D eigenvalue weighted by Crippen LogP contribution is -2.38. The molecule has 2 aliphatic rings. The zero-order valence-electron chi connectivity index (χ0n) is 15.3. The molecule has 0 aromatic carbocycles. The molecule has 0 unspecified atom stereocenters. The van der Waals surface area contributed by atoms with Crippen LogP contribution >= 0.6 is 11.8 Å². The van der Waals surface area contributed by atoms with Gasteiger partial charge in [-0.25, -0.2) is 14.4 Å². The Labute approximate surface area is 157 Å². The zero-order chi connectivity index (χ0) is 18.3. The van der Waals surface area contributed by atoms with E-state index in [0.717, 1.165) is 34.8 Å². The summed E-state index contributed by atoms with van der Waals surface area (Å²) in [5, 5.41) is 3.95. The Morgan fingerprint density at radius 1 is 1.38 bits per heavy atom. The van der Waals surface area contributed by atoms with Gasteiger partial charge in [0, 0.05) is 12.5 Å². The number of carbonyl (C=O) groups is 1. The van der Waals surface area contributed by atoms with Crippen LogP contribution in [0.25, 0.3) is 11.2 Å². The monoisotopic (exact) mass is 376 g/mol. The molecule has 0 atom stereocenters. The lowest BCUT2D eigenvalue weighted by Gasteiger charge is -2.38. The van der Waals surface area contributed by atoms with Crippen molar-refractivity contribution in [3.63, 3.8) is 0 Å². The van der Waals surface area contributed by atoms with E-state index in [1.807, 2.05) is 12.1 Å². The van der Waals surface area contributed by atoms with Crippen molar-refractivity contribution in [1.29, 1.82) is 0 Å². The van der Waals surface area contributed by atoms with E-state index in [0.29, 0.717) is 31.3 Å². The number of hydrogen-bond acceptors (Lipinski definition) is 4. The predicted octanol–water partition coefficient (Wildman–Crippen LogP) is 4.74. The number of nitrogens with zero attached hydrogens (tertiary/aromatic N) is 3. The molecule has 2 aromatic heterocycles. The second kappa shape index (κ2) is 6.83. The van der Waals surface area contributed by atoms with Crippen LogP contribution in [0.5, 0.6) is 0 Å². The second-order valence-corrected chi connectivity index (χ2v) is 9.04. The molecule has 1 amide bonds. The Morgan fingerprint density at radius 2 is 2.15 bits per heavy atom. The molecule has 2 saturated carbocycles. The molecule has 4 rings (SSSR count). The summed E-state index contributed by atoms with van der Waals surface area (Å²) >= 11 is 1.70. The first-order chi connectivity index (χ1) is 12.4. The number of nitrogens with one attached hydrogen (secondary N) is 1. The molecular formula is C19H25FN4OS. The maximum atomic E-state index is 13.6. The second-order valence-electron chi connectivity index (χ2n) is 7.76. The van der Waals surface area contributed by atoms with Crippen LogP contribution in [0, 0.1) is 5.92 Å². The summed E-state index contributed by atoms with van der Waals surface area (Å²) in [6.45, 7) is 3.71. The predicted molar refractivity (Wildman–Crippen MR) is 102 cm³/mol. The topological polar surface area (TPSA) is 59.8 Å². The number of imidazole rings is 1. The van der Waals surface area contributed by atoms with Crippen molar-refractivity contribution in [3.8, 4) is 0 Å². The van der Waals surface area contributed by atoms with E-state index in [-0.39, 0.29) is 11.8 Å². The summed E-state index contributed by atoms with van der Waals surface area (Å²) in [5.41, 5.74) is 0.567. The van der Waals surface area contributed by atoms with Gasteiger partial charge >= 0.3 is 0 Å². The average Bonchev–Trinajstić information content (AvgIpc) is 2.82. The normalized spacial score (nSPS) is 25.7. The van der Waals surface area contributed by atoms with Gasteiger partial charge in [-0.1, -0.05) is 6.92 Å². The van der Waals surface area contributed by atoms with E-state index in [4.69, 9.17) is 4.98 Å². The number of hydrogen-bond donors (Lipinski definition) is 1. The fourth-order valence-electron chi connectivity index (χ4n) is 3.99. The Balaban J connectivity index is 1.56. The molecule has 26 heavy (non-hydrogen) atoms. The van der Waals surface area contributed by atoms with Crippen molar-refractivity contribution in [2.75, 3.05) is 11.1 Å². The van der Waals surface area contributed by atoms with Crippen molar-refractivity contribution in [1.82, 2.24) is 14.5 Å². The summed E-state index contributed by atoms with van der Waals surface area (Å²) in [4.78, 5) is 21.8. The quantitative estimate of drug-likeness (QED) is 0.740. The molecule has 0 bridgehead atoms. The number of thioether (sulfide) groups is 1. The lowest BCUT2D eigenvalue weighted by atomic mass is 9.72. The number of alkyl halides is 1. The van der Waals surface area contributed by atoms with Crippen LogP contribution in [0.15, 0.2) is 17.2 Å². The third kappa shape index (κ3) is 3.46. The van der Waals surface area contributed by atoms with Gasteiger partial charge < -0.3 is 0 Å². The Morgan fingerprint density at radius 3 is 2.77 bits per heavy atom. The van der Waals surface area contributed by atoms with Gasteiger partial charge in [0.25, 0.3) is 0 Å². The van der Waals surface area contributed by atoms with E-state index in [1.165, 1.54) is 6.42 Å². The molecule has 2 heterocycles. The van der Waals surface area contributed by atoms with Crippen LogP contribution in [0.3, 0.4) is 0 Å². The van der Waals surface area contributed by atoms with Crippen LogP contribution < -0.4 is 5.32 Å². The summed E-state index contributed by atoms with van der Waals surface area (Å²) in [6, 6.07) is 4.31. The average molecular weight is 377 g/mol. The van der Waals surface area contributed by atoms with Gasteiger partial charge in [-0.15, -0.1) is 11.8 Å². The van der Waals surface area contributed by atoms with Crippen molar-refractivity contribution < 1.29 is 9.18 Å². The van der Waals surface area contributed by atoms with Crippen LogP contribution in [0.2, 0.25) is 0 Å². The first kappa shape index (κ1) is 17.8. The maximum absolute atomic E-state index is 13.6. The summed E-state index contributed by atoms with van der Waals surface area (Å²) in [6.07, 6.45) is 4.67. The Kier molecular flexibility index (Phi) is 4.67. The summed E-state index contributed by atoms with van der Waals surface area (Å²) < 4.78 is 15.7. The standard InChI is InChI=1S/C19H25FN4OS/c1-3-26-16-8-7-14-17(23-16)24(13-5-4-6-13)18(21-14)22-15(25)9-12-10-19(2,20)11-12/h7-8,12-13H,3-6,9-11H2,1-2H3,(H,21,22,25). The number of rotatable bonds is 6. The van der Waals surface area contributed by atoms with Gasteiger partial charge in [0.15, 0.2) is 5.65 Å². The minimum atomic E-state index is -1.10. The third-order valence-corrected chi connectivity index (χ3v) is 6.21. The summed E-state index contributed by atoms with van der Waals surface area (Å²) in [7, 11) is 0. The Hall–Kier alpha value is -1.63. The highest BCUT2D eigenvalue weighted by atomic mass is 32.2. The maximum Gasteiger partial charge on any atom is 0.226 e. The fraction of sp³-hybridized carbons (Fsp3) is 0.632. The van der Waals surface area contributed by atoms with Crippen molar-refractivity contribution >= 4 is 34.8 Å². The third-order valence-electron chi connectivity index (χ3n) is 5.40. The summed E-state index contributed by atoms with van der Waals surface area (Å²) in [5.74, 6) is 1.61. The van der Waals surface area contributed by atoms with Gasteiger partial charge in [0.2, 0.25) is 11.9 Å². The number of aromatic nitrogens is 3. The molecule has 2 aliphatic carbocycles. The highest BCUT2D eigenvalue weighted by Crippen LogP contribution is 2.43. The highest BCUT2D eigenvalue weighted by Gasteiger charge is 2.41. The van der Waals surface area contributed by atoms with Gasteiger partial charge in [0.1, 0.15) is 11.2 Å². The van der Waals surface area contributed by atoms with Gasteiger partial charge in [-0.2, -0.15) is 0 Å².